The van der Waals surface area contributed by atoms with E-state index in [0.29, 0.717) is 6.54 Å². The van der Waals surface area contributed by atoms with Crippen molar-refractivity contribution in [2.45, 2.75) is 13.0 Å². The van der Waals surface area contributed by atoms with Gasteiger partial charge in [0.05, 0.1) is 6.42 Å². The summed E-state index contributed by atoms with van der Waals surface area (Å²) in [6.07, 6.45) is -0.0906. The Morgan fingerprint density at radius 1 is 1.16 bits per heavy atom. The van der Waals surface area contributed by atoms with Gasteiger partial charge in [-0.25, -0.2) is 9.18 Å². The van der Waals surface area contributed by atoms with E-state index >= 15 is 0 Å². The number of carbonyl (C=O) groups excluding carboxylic acids is 1. The maximum atomic E-state index is 12.7. The number of carbonyl (C=O) groups is 2. The van der Waals surface area contributed by atoms with Gasteiger partial charge in [0.1, 0.15) is 5.82 Å². The third-order valence-corrected chi connectivity index (χ3v) is 2.65. The van der Waals surface area contributed by atoms with E-state index in [1.54, 1.807) is 26.2 Å². The van der Waals surface area contributed by atoms with Gasteiger partial charge in [0.15, 0.2) is 0 Å². The quantitative estimate of drug-likeness (QED) is 0.885. The Hall–Kier alpha value is -2.11. The number of amides is 2. The minimum Gasteiger partial charge on any atom is -0.481 e. The standard InChI is InChI=1S/C13H17FN2O3/c1-15(8-7-12(17)18)13(19)16(2)9-10-3-5-11(14)6-4-10/h3-6H,7-9H2,1-2H3,(H,17,18). The maximum absolute atomic E-state index is 12.7. The molecule has 0 atom stereocenters. The summed E-state index contributed by atoms with van der Waals surface area (Å²) in [4.78, 5) is 25.1. The monoisotopic (exact) mass is 268 g/mol. The number of hydrogen-bond donors (Lipinski definition) is 1. The lowest BCUT2D eigenvalue weighted by molar-refractivity contribution is -0.137. The molecule has 0 saturated heterocycles. The number of rotatable bonds is 5. The lowest BCUT2D eigenvalue weighted by Gasteiger charge is -2.24. The molecule has 2 amide bonds. The lowest BCUT2D eigenvalue weighted by Crippen LogP contribution is -2.39. The Balaban J connectivity index is 2.52. The van der Waals surface area contributed by atoms with Gasteiger partial charge in [-0.05, 0) is 17.7 Å². The fourth-order valence-corrected chi connectivity index (χ4v) is 1.58. The second-order valence-corrected chi connectivity index (χ2v) is 4.33. The third kappa shape index (κ3) is 4.95. The molecule has 0 fully saturated rings. The molecule has 1 aromatic rings. The van der Waals surface area contributed by atoms with Gasteiger partial charge in [-0.3, -0.25) is 4.79 Å². The van der Waals surface area contributed by atoms with E-state index in [1.165, 1.54) is 21.9 Å². The van der Waals surface area contributed by atoms with Crippen LogP contribution >= 0.6 is 0 Å². The van der Waals surface area contributed by atoms with Gasteiger partial charge in [0.2, 0.25) is 0 Å². The normalized spacial score (nSPS) is 10.1. The molecule has 104 valence electrons. The van der Waals surface area contributed by atoms with Crippen LogP contribution in [0.1, 0.15) is 12.0 Å². The van der Waals surface area contributed by atoms with Crippen molar-refractivity contribution >= 4 is 12.0 Å². The summed E-state index contributed by atoms with van der Waals surface area (Å²) in [6.45, 7) is 0.498. The van der Waals surface area contributed by atoms with Crippen LogP contribution in [0.2, 0.25) is 0 Å². The van der Waals surface area contributed by atoms with Crippen molar-refractivity contribution in [3.05, 3.63) is 35.6 Å². The SMILES string of the molecule is CN(CCC(=O)O)C(=O)N(C)Cc1ccc(F)cc1. The highest BCUT2D eigenvalue weighted by Crippen LogP contribution is 2.07. The summed E-state index contributed by atoms with van der Waals surface area (Å²) in [7, 11) is 3.16. The number of halogens is 1. The summed E-state index contributed by atoms with van der Waals surface area (Å²) in [5.41, 5.74) is 0.809. The van der Waals surface area contributed by atoms with Gasteiger partial charge < -0.3 is 14.9 Å². The third-order valence-electron chi connectivity index (χ3n) is 2.65. The van der Waals surface area contributed by atoms with Crippen LogP contribution in [0.25, 0.3) is 0 Å². The summed E-state index contributed by atoms with van der Waals surface area (Å²) in [5, 5.41) is 8.56. The topological polar surface area (TPSA) is 60.9 Å². The van der Waals surface area contributed by atoms with Crippen molar-refractivity contribution in [3.8, 4) is 0 Å². The maximum Gasteiger partial charge on any atom is 0.319 e. The lowest BCUT2D eigenvalue weighted by atomic mass is 10.2. The molecule has 6 heteroatoms. The van der Waals surface area contributed by atoms with Crippen LogP contribution in [0, 0.1) is 5.82 Å². The molecule has 1 rings (SSSR count). The van der Waals surface area contributed by atoms with E-state index in [4.69, 9.17) is 5.11 Å². The van der Waals surface area contributed by atoms with E-state index < -0.39 is 5.97 Å². The predicted molar refractivity (Wildman–Crippen MR) is 68.1 cm³/mol. The molecule has 0 spiro atoms. The molecule has 0 aromatic heterocycles. The molecule has 0 bridgehead atoms. The summed E-state index contributed by atoms with van der Waals surface area (Å²) in [6, 6.07) is 5.61. The second kappa shape index (κ2) is 6.72. The number of nitrogens with zero attached hydrogens (tertiary/aromatic N) is 2. The fourth-order valence-electron chi connectivity index (χ4n) is 1.58. The number of aliphatic carboxylic acids is 1. The highest BCUT2D eigenvalue weighted by Gasteiger charge is 2.15. The number of urea groups is 1. The van der Waals surface area contributed by atoms with E-state index in [2.05, 4.69) is 0 Å². The number of hydrogen-bond acceptors (Lipinski definition) is 2. The zero-order valence-corrected chi connectivity index (χ0v) is 11.0. The van der Waals surface area contributed by atoms with E-state index in [-0.39, 0.29) is 24.8 Å². The van der Waals surface area contributed by atoms with Gasteiger partial charge in [-0.2, -0.15) is 0 Å². The number of carboxylic acid groups (broad SMARTS) is 1. The first-order valence-electron chi connectivity index (χ1n) is 5.82. The van der Waals surface area contributed by atoms with Crippen molar-refractivity contribution in [1.29, 1.82) is 0 Å². The van der Waals surface area contributed by atoms with Gasteiger partial charge in [0, 0.05) is 27.2 Å². The largest absolute Gasteiger partial charge is 0.481 e. The highest BCUT2D eigenvalue weighted by atomic mass is 19.1. The van der Waals surface area contributed by atoms with Crippen LogP contribution in [0.15, 0.2) is 24.3 Å². The van der Waals surface area contributed by atoms with Crippen LogP contribution in [0.3, 0.4) is 0 Å². The van der Waals surface area contributed by atoms with Gasteiger partial charge in [-0.15, -0.1) is 0 Å². The molecule has 0 aliphatic heterocycles. The molecule has 1 N–H and O–H groups in total. The first-order chi connectivity index (χ1) is 8.90. The zero-order chi connectivity index (χ0) is 14.4. The summed E-state index contributed by atoms with van der Waals surface area (Å²) < 4.78 is 12.7. The number of benzene rings is 1. The minimum atomic E-state index is -0.944. The van der Waals surface area contributed by atoms with Crippen LogP contribution in [-0.2, 0) is 11.3 Å². The Labute approximate surface area is 111 Å². The molecule has 19 heavy (non-hydrogen) atoms. The van der Waals surface area contributed by atoms with Crippen LogP contribution < -0.4 is 0 Å². The predicted octanol–water partition coefficient (Wildman–Crippen LogP) is 1.78. The molecule has 1 aromatic carbocycles. The first kappa shape index (κ1) is 14.9. The average molecular weight is 268 g/mol. The molecular weight excluding hydrogens is 251 g/mol. The zero-order valence-electron chi connectivity index (χ0n) is 11.0. The first-order valence-corrected chi connectivity index (χ1v) is 5.82. The van der Waals surface area contributed by atoms with Crippen LogP contribution in [0.5, 0.6) is 0 Å². The number of carboxylic acids is 1. The summed E-state index contributed by atoms with van der Waals surface area (Å²) >= 11 is 0. The molecule has 0 unspecified atom stereocenters. The highest BCUT2D eigenvalue weighted by molar-refractivity contribution is 5.75. The minimum absolute atomic E-state index is 0.0906. The van der Waals surface area contributed by atoms with Crippen molar-refractivity contribution in [2.24, 2.45) is 0 Å². The van der Waals surface area contributed by atoms with Crippen LogP contribution in [0.4, 0.5) is 9.18 Å². The van der Waals surface area contributed by atoms with Crippen LogP contribution in [-0.4, -0.2) is 47.5 Å². The second-order valence-electron chi connectivity index (χ2n) is 4.33. The van der Waals surface area contributed by atoms with Gasteiger partial charge in [-0.1, -0.05) is 12.1 Å². The fraction of sp³-hybridized carbons (Fsp3) is 0.385. The van der Waals surface area contributed by atoms with E-state index in [9.17, 15) is 14.0 Å². The molecule has 0 heterocycles. The Kier molecular flexibility index (Phi) is 5.29. The Morgan fingerprint density at radius 2 is 1.74 bits per heavy atom. The van der Waals surface area contributed by atoms with Gasteiger partial charge >= 0.3 is 12.0 Å². The Bertz CT molecular complexity index is 448. The molecule has 5 nitrogen and oxygen atoms in total. The smallest absolute Gasteiger partial charge is 0.319 e. The van der Waals surface area contributed by atoms with Crippen molar-refractivity contribution in [1.82, 2.24) is 9.80 Å². The van der Waals surface area contributed by atoms with Gasteiger partial charge in [0.25, 0.3) is 0 Å². The summed E-state index contributed by atoms with van der Waals surface area (Å²) in [5.74, 6) is -1.27. The Morgan fingerprint density at radius 3 is 2.26 bits per heavy atom. The average Bonchev–Trinajstić information content (AvgIpc) is 2.37. The molecule has 0 radical (unpaired) electrons. The van der Waals surface area contributed by atoms with Crippen molar-refractivity contribution in [2.75, 3.05) is 20.6 Å². The van der Waals surface area contributed by atoms with E-state index in [1.807, 2.05) is 0 Å². The molecule has 0 aliphatic rings. The molecule has 0 saturated carbocycles. The molecular formula is C13H17FN2O3. The molecule has 0 aliphatic carbocycles. The van der Waals surface area contributed by atoms with Crippen molar-refractivity contribution < 1.29 is 19.1 Å². The van der Waals surface area contributed by atoms with E-state index in [0.717, 1.165) is 5.56 Å². The van der Waals surface area contributed by atoms with Crippen molar-refractivity contribution in [3.63, 3.8) is 0 Å².